The molecule has 0 aliphatic carbocycles. The van der Waals surface area contributed by atoms with Gasteiger partial charge in [-0.15, -0.1) is 0 Å². The molecule has 0 aliphatic rings. The van der Waals surface area contributed by atoms with E-state index in [4.69, 9.17) is 10.5 Å². The minimum absolute atomic E-state index is 0.175. The second kappa shape index (κ2) is 13.3. The maximum Gasteiger partial charge on any atom is 0.407 e. The van der Waals surface area contributed by atoms with Crippen molar-refractivity contribution in [3.63, 3.8) is 0 Å². The van der Waals surface area contributed by atoms with E-state index in [-0.39, 0.29) is 12.6 Å². The summed E-state index contributed by atoms with van der Waals surface area (Å²) in [4.78, 5) is 17.0. The molecular weight excluding hydrogens is 462 g/mol. The lowest BCUT2D eigenvalue weighted by Gasteiger charge is -2.25. The zero-order valence-corrected chi connectivity index (χ0v) is 20.7. The van der Waals surface area contributed by atoms with Crippen molar-refractivity contribution >= 4 is 6.09 Å². The van der Waals surface area contributed by atoms with E-state index >= 15 is 0 Å². The number of amides is 1. The van der Waals surface area contributed by atoms with Crippen molar-refractivity contribution in [2.45, 2.75) is 44.1 Å². The third-order valence-electron chi connectivity index (χ3n) is 6.27. The van der Waals surface area contributed by atoms with Crippen LogP contribution in [0.2, 0.25) is 0 Å². The number of rotatable bonds is 11. The Balaban J connectivity index is 1.41. The number of carbonyl (C=O) groups excluding carboxylic acids is 1. The minimum atomic E-state index is -0.799. The van der Waals surface area contributed by atoms with Crippen molar-refractivity contribution in [2.75, 3.05) is 0 Å². The molecular formula is C31H33N3O3. The number of hydrogen-bond acceptors (Lipinski definition) is 5. The van der Waals surface area contributed by atoms with E-state index in [9.17, 15) is 9.90 Å². The highest BCUT2D eigenvalue weighted by atomic mass is 16.5. The molecule has 4 N–H and O–H groups in total. The predicted octanol–water partition coefficient (Wildman–Crippen LogP) is 4.91. The molecule has 190 valence electrons. The summed E-state index contributed by atoms with van der Waals surface area (Å²) in [5, 5.41) is 13.9. The lowest BCUT2D eigenvalue weighted by atomic mass is 9.94. The van der Waals surface area contributed by atoms with Gasteiger partial charge in [-0.3, -0.25) is 4.98 Å². The molecule has 6 heteroatoms. The summed E-state index contributed by atoms with van der Waals surface area (Å²) in [5.74, 6) is 0. The lowest BCUT2D eigenvalue weighted by molar-refractivity contribution is 0.109. The molecule has 3 atom stereocenters. The summed E-state index contributed by atoms with van der Waals surface area (Å²) in [5.41, 5.74) is 11.2. The van der Waals surface area contributed by atoms with E-state index < -0.39 is 18.2 Å². The van der Waals surface area contributed by atoms with Crippen LogP contribution in [0.25, 0.3) is 11.3 Å². The topological polar surface area (TPSA) is 97.5 Å². The van der Waals surface area contributed by atoms with E-state index in [2.05, 4.69) is 10.3 Å². The molecule has 0 spiro atoms. The second-order valence-electron chi connectivity index (χ2n) is 9.18. The van der Waals surface area contributed by atoms with Crippen LogP contribution in [0.4, 0.5) is 4.79 Å². The van der Waals surface area contributed by atoms with Gasteiger partial charge in [0.25, 0.3) is 0 Å². The highest BCUT2D eigenvalue weighted by Gasteiger charge is 2.23. The van der Waals surface area contributed by atoms with Crippen LogP contribution in [0, 0.1) is 0 Å². The molecule has 0 unspecified atom stereocenters. The van der Waals surface area contributed by atoms with Crippen LogP contribution in [0.3, 0.4) is 0 Å². The van der Waals surface area contributed by atoms with E-state index in [1.165, 1.54) is 0 Å². The largest absolute Gasteiger partial charge is 0.445 e. The Labute approximate surface area is 218 Å². The van der Waals surface area contributed by atoms with Gasteiger partial charge in [0.15, 0.2) is 0 Å². The Hall–Kier alpha value is -4.00. The van der Waals surface area contributed by atoms with Crippen molar-refractivity contribution in [2.24, 2.45) is 5.73 Å². The number of nitrogens with zero attached hydrogens (tertiary/aromatic N) is 1. The van der Waals surface area contributed by atoms with Crippen LogP contribution >= 0.6 is 0 Å². The Morgan fingerprint density at radius 3 is 2.08 bits per heavy atom. The fourth-order valence-electron chi connectivity index (χ4n) is 4.24. The molecule has 1 heterocycles. The van der Waals surface area contributed by atoms with Gasteiger partial charge >= 0.3 is 6.09 Å². The smallest absolute Gasteiger partial charge is 0.407 e. The fourth-order valence-corrected chi connectivity index (χ4v) is 4.24. The average molecular weight is 496 g/mol. The van der Waals surface area contributed by atoms with Crippen LogP contribution in [0.1, 0.15) is 23.1 Å². The average Bonchev–Trinajstić information content (AvgIpc) is 2.94. The molecule has 1 aromatic heterocycles. The molecule has 0 fully saturated rings. The van der Waals surface area contributed by atoms with Gasteiger partial charge < -0.3 is 20.9 Å². The van der Waals surface area contributed by atoms with Crippen molar-refractivity contribution in [3.8, 4) is 11.3 Å². The van der Waals surface area contributed by atoms with E-state index in [0.29, 0.717) is 19.3 Å². The molecule has 0 bridgehead atoms. The van der Waals surface area contributed by atoms with Crippen LogP contribution in [-0.2, 0) is 24.2 Å². The van der Waals surface area contributed by atoms with Gasteiger partial charge in [-0.2, -0.15) is 0 Å². The number of nitrogens with one attached hydrogen (secondary N) is 1. The fraction of sp³-hybridized carbons (Fsp3) is 0.226. The van der Waals surface area contributed by atoms with Gasteiger partial charge in [-0.25, -0.2) is 4.79 Å². The van der Waals surface area contributed by atoms with Crippen LogP contribution in [-0.4, -0.2) is 34.4 Å². The molecule has 4 rings (SSSR count). The van der Waals surface area contributed by atoms with E-state index in [1.54, 1.807) is 6.20 Å². The minimum Gasteiger partial charge on any atom is -0.445 e. The number of alkyl carbamates (subject to hydrolysis) is 1. The number of aliphatic hydroxyl groups is 1. The predicted molar refractivity (Wildman–Crippen MR) is 146 cm³/mol. The Kier molecular flexibility index (Phi) is 9.41. The third kappa shape index (κ3) is 8.27. The maximum absolute atomic E-state index is 12.6. The van der Waals surface area contributed by atoms with Crippen LogP contribution < -0.4 is 11.1 Å². The summed E-state index contributed by atoms with van der Waals surface area (Å²) in [6.45, 7) is 0.175. The third-order valence-corrected chi connectivity index (χ3v) is 6.27. The molecule has 4 aromatic rings. The number of carbonyl (C=O) groups is 1. The second-order valence-corrected chi connectivity index (χ2v) is 9.18. The number of benzene rings is 3. The number of aromatic nitrogens is 1. The zero-order valence-electron chi connectivity index (χ0n) is 20.7. The molecule has 3 aromatic carbocycles. The highest BCUT2D eigenvalue weighted by Crippen LogP contribution is 2.19. The molecule has 1 amide bonds. The first kappa shape index (κ1) is 26.1. The molecule has 37 heavy (non-hydrogen) atoms. The summed E-state index contributed by atoms with van der Waals surface area (Å²) >= 11 is 0. The summed E-state index contributed by atoms with van der Waals surface area (Å²) in [7, 11) is 0. The van der Waals surface area contributed by atoms with Crippen molar-refractivity contribution in [3.05, 3.63) is 126 Å². The SMILES string of the molecule is N[C@@H](Cc1ccccc1)[C@@H](O)C[C@H](Cc1ccc(-c2ccccn2)cc1)NC(=O)OCc1ccccc1. The standard InChI is InChI=1S/C31H33N3O3/c32-28(20-23-9-3-1-4-10-23)30(35)21-27(34-31(36)37-22-25-11-5-2-6-12-25)19-24-14-16-26(17-15-24)29-13-7-8-18-33-29/h1-18,27-28,30,35H,19-22,32H2,(H,34,36)/t27-,28-,30-/m0/s1. The summed E-state index contributed by atoms with van der Waals surface area (Å²) < 4.78 is 5.44. The molecule has 0 radical (unpaired) electrons. The summed E-state index contributed by atoms with van der Waals surface area (Å²) in [6, 6.07) is 32.4. The molecule has 0 saturated heterocycles. The zero-order chi connectivity index (χ0) is 25.9. The molecule has 0 saturated carbocycles. The monoisotopic (exact) mass is 495 g/mol. The van der Waals surface area contributed by atoms with Gasteiger partial charge in [0.2, 0.25) is 0 Å². The number of aliphatic hydroxyl groups excluding tert-OH is 1. The first-order chi connectivity index (χ1) is 18.1. The number of ether oxygens (including phenoxy) is 1. The van der Waals surface area contributed by atoms with Gasteiger partial charge in [0, 0.05) is 23.8 Å². The van der Waals surface area contributed by atoms with Gasteiger partial charge in [0.05, 0.1) is 11.8 Å². The first-order valence-electron chi connectivity index (χ1n) is 12.5. The van der Waals surface area contributed by atoms with Gasteiger partial charge in [-0.1, -0.05) is 91.0 Å². The maximum atomic E-state index is 12.6. The lowest BCUT2D eigenvalue weighted by Crippen LogP contribution is -2.44. The molecule has 0 aliphatic heterocycles. The van der Waals surface area contributed by atoms with Gasteiger partial charge in [-0.05, 0) is 48.1 Å². The van der Waals surface area contributed by atoms with Crippen molar-refractivity contribution in [1.29, 1.82) is 0 Å². The highest BCUT2D eigenvalue weighted by molar-refractivity contribution is 5.67. The normalized spacial score (nSPS) is 13.4. The van der Waals surface area contributed by atoms with Crippen LogP contribution in [0.15, 0.2) is 109 Å². The Bertz CT molecular complexity index is 1220. The number of nitrogens with two attached hydrogens (primary N) is 1. The Morgan fingerprint density at radius 1 is 0.811 bits per heavy atom. The first-order valence-corrected chi connectivity index (χ1v) is 12.5. The van der Waals surface area contributed by atoms with Crippen molar-refractivity contribution in [1.82, 2.24) is 10.3 Å². The van der Waals surface area contributed by atoms with E-state index in [1.807, 2.05) is 103 Å². The summed E-state index contributed by atoms with van der Waals surface area (Å²) in [6.07, 6.45) is 1.82. The van der Waals surface area contributed by atoms with Gasteiger partial charge in [0.1, 0.15) is 6.61 Å². The van der Waals surface area contributed by atoms with Crippen LogP contribution in [0.5, 0.6) is 0 Å². The molecule has 6 nitrogen and oxygen atoms in total. The number of pyridine rings is 1. The van der Waals surface area contributed by atoms with E-state index in [0.717, 1.165) is 27.9 Å². The Morgan fingerprint density at radius 2 is 1.43 bits per heavy atom. The number of hydrogen-bond donors (Lipinski definition) is 3. The van der Waals surface area contributed by atoms with Crippen molar-refractivity contribution < 1.29 is 14.6 Å². The quantitative estimate of drug-likeness (QED) is 0.275.